The summed E-state index contributed by atoms with van der Waals surface area (Å²) < 4.78 is 0. The lowest BCUT2D eigenvalue weighted by Crippen LogP contribution is -2.48. The molecule has 0 radical (unpaired) electrons. The van der Waals surface area contributed by atoms with E-state index in [1.165, 1.54) is 0 Å². The smallest absolute Gasteiger partial charge is 0.305 e. The summed E-state index contributed by atoms with van der Waals surface area (Å²) in [6.45, 7) is 2.50. The molecular weight excluding hydrogens is 232 g/mol. The number of rotatable bonds is 7. The summed E-state index contributed by atoms with van der Waals surface area (Å²) in [6.07, 6.45) is 4.81. The molecular formula is C13H24N2O3. The minimum absolute atomic E-state index is 0.0259. The summed E-state index contributed by atoms with van der Waals surface area (Å²) in [5.41, 5.74) is 5.06. The van der Waals surface area contributed by atoms with Crippen LogP contribution in [0, 0.1) is 5.92 Å². The van der Waals surface area contributed by atoms with Crippen LogP contribution in [-0.2, 0) is 9.59 Å². The van der Waals surface area contributed by atoms with Crippen molar-refractivity contribution in [2.75, 3.05) is 6.54 Å². The second-order valence-corrected chi connectivity index (χ2v) is 5.32. The molecule has 0 aromatic rings. The lowest BCUT2D eigenvalue weighted by molar-refractivity contribution is -0.139. The van der Waals surface area contributed by atoms with Gasteiger partial charge in [0.05, 0.1) is 12.0 Å². The monoisotopic (exact) mass is 256 g/mol. The Labute approximate surface area is 108 Å². The van der Waals surface area contributed by atoms with Crippen LogP contribution in [0.25, 0.3) is 0 Å². The Hall–Kier alpha value is -1.10. The Balaban J connectivity index is 2.55. The number of carboxylic acid groups (broad SMARTS) is 1. The van der Waals surface area contributed by atoms with E-state index in [4.69, 9.17) is 10.8 Å². The number of hydrogen-bond acceptors (Lipinski definition) is 3. The number of carboxylic acids is 1. The van der Waals surface area contributed by atoms with Crippen molar-refractivity contribution in [3.8, 4) is 0 Å². The normalized spacial score (nSPS) is 19.4. The highest BCUT2D eigenvalue weighted by atomic mass is 16.4. The van der Waals surface area contributed by atoms with Crippen LogP contribution in [0.4, 0.5) is 0 Å². The minimum Gasteiger partial charge on any atom is -0.481 e. The van der Waals surface area contributed by atoms with Crippen LogP contribution in [0.15, 0.2) is 0 Å². The molecule has 1 aliphatic carbocycles. The number of aliphatic carboxylic acids is 1. The molecule has 104 valence electrons. The van der Waals surface area contributed by atoms with E-state index in [0.717, 1.165) is 32.1 Å². The average Bonchev–Trinajstić information content (AvgIpc) is 2.73. The van der Waals surface area contributed by atoms with E-state index in [2.05, 4.69) is 5.32 Å². The quantitative estimate of drug-likeness (QED) is 0.639. The largest absolute Gasteiger partial charge is 0.481 e. The second-order valence-electron chi connectivity index (χ2n) is 5.32. The van der Waals surface area contributed by atoms with Gasteiger partial charge in [-0.1, -0.05) is 26.2 Å². The molecule has 0 spiro atoms. The summed E-state index contributed by atoms with van der Waals surface area (Å²) in [7, 11) is 0. The van der Waals surface area contributed by atoms with Crippen molar-refractivity contribution in [1.82, 2.24) is 5.32 Å². The standard InChI is InChI=1S/C13H24N2O3/c1-2-10(9-14)7-11(16)15-13(8-12(17)18)5-3-4-6-13/h10H,2-9,14H2,1H3,(H,15,16)(H,17,18). The van der Waals surface area contributed by atoms with Crippen molar-refractivity contribution in [2.24, 2.45) is 11.7 Å². The van der Waals surface area contributed by atoms with E-state index in [1.54, 1.807) is 0 Å². The number of carbonyl (C=O) groups is 2. The molecule has 1 atom stereocenters. The van der Waals surface area contributed by atoms with E-state index in [1.807, 2.05) is 6.92 Å². The molecule has 0 bridgehead atoms. The maximum absolute atomic E-state index is 12.0. The molecule has 0 aromatic carbocycles. The number of nitrogens with two attached hydrogens (primary N) is 1. The van der Waals surface area contributed by atoms with Crippen LogP contribution < -0.4 is 11.1 Å². The van der Waals surface area contributed by atoms with Gasteiger partial charge in [-0.2, -0.15) is 0 Å². The minimum atomic E-state index is -0.844. The maximum Gasteiger partial charge on any atom is 0.305 e. The number of carbonyl (C=O) groups excluding carboxylic acids is 1. The van der Waals surface area contributed by atoms with E-state index in [0.29, 0.717) is 13.0 Å². The Morgan fingerprint density at radius 1 is 1.39 bits per heavy atom. The molecule has 1 aliphatic rings. The van der Waals surface area contributed by atoms with Gasteiger partial charge in [-0.05, 0) is 25.3 Å². The summed E-state index contributed by atoms with van der Waals surface area (Å²) in [4.78, 5) is 22.9. The first-order chi connectivity index (χ1) is 8.51. The van der Waals surface area contributed by atoms with Crippen molar-refractivity contribution >= 4 is 11.9 Å². The first-order valence-corrected chi connectivity index (χ1v) is 6.74. The molecule has 0 aliphatic heterocycles. The SMILES string of the molecule is CCC(CN)CC(=O)NC1(CC(=O)O)CCCC1. The van der Waals surface area contributed by atoms with Gasteiger partial charge in [-0.3, -0.25) is 9.59 Å². The lowest BCUT2D eigenvalue weighted by atomic mass is 9.92. The van der Waals surface area contributed by atoms with E-state index in [-0.39, 0.29) is 18.2 Å². The molecule has 0 aromatic heterocycles. The van der Waals surface area contributed by atoms with Gasteiger partial charge in [-0.15, -0.1) is 0 Å². The first kappa shape index (κ1) is 15.0. The van der Waals surface area contributed by atoms with Crippen LogP contribution in [0.5, 0.6) is 0 Å². The fraction of sp³-hybridized carbons (Fsp3) is 0.846. The van der Waals surface area contributed by atoms with Crippen LogP contribution in [0.1, 0.15) is 51.9 Å². The zero-order chi connectivity index (χ0) is 13.6. The molecule has 1 amide bonds. The fourth-order valence-corrected chi connectivity index (χ4v) is 2.69. The van der Waals surface area contributed by atoms with E-state index < -0.39 is 11.5 Å². The van der Waals surface area contributed by atoms with Gasteiger partial charge in [0.1, 0.15) is 0 Å². The topological polar surface area (TPSA) is 92.4 Å². The summed E-state index contributed by atoms with van der Waals surface area (Å²) >= 11 is 0. The fourth-order valence-electron chi connectivity index (χ4n) is 2.69. The average molecular weight is 256 g/mol. The number of hydrogen-bond donors (Lipinski definition) is 3. The van der Waals surface area contributed by atoms with Crippen molar-refractivity contribution in [1.29, 1.82) is 0 Å². The molecule has 1 unspecified atom stereocenters. The van der Waals surface area contributed by atoms with Crippen LogP contribution in [0.2, 0.25) is 0 Å². The molecule has 18 heavy (non-hydrogen) atoms. The molecule has 1 fully saturated rings. The predicted octanol–water partition coefficient (Wildman–Crippen LogP) is 1.27. The number of amides is 1. The van der Waals surface area contributed by atoms with Crippen molar-refractivity contribution in [3.05, 3.63) is 0 Å². The third-order valence-electron chi connectivity index (χ3n) is 3.84. The third-order valence-corrected chi connectivity index (χ3v) is 3.84. The Kier molecular flexibility index (Phi) is 5.59. The molecule has 1 saturated carbocycles. The molecule has 5 nitrogen and oxygen atoms in total. The maximum atomic E-state index is 12.0. The van der Waals surface area contributed by atoms with Crippen molar-refractivity contribution in [3.63, 3.8) is 0 Å². The first-order valence-electron chi connectivity index (χ1n) is 6.74. The van der Waals surface area contributed by atoms with E-state index in [9.17, 15) is 9.59 Å². The molecule has 5 heteroatoms. The van der Waals surface area contributed by atoms with Gasteiger partial charge in [0, 0.05) is 6.42 Å². The Bertz CT molecular complexity index is 295. The summed E-state index contributed by atoms with van der Waals surface area (Å²) in [5.74, 6) is -0.716. The zero-order valence-electron chi connectivity index (χ0n) is 11.1. The Morgan fingerprint density at radius 3 is 2.44 bits per heavy atom. The third kappa shape index (κ3) is 4.29. The van der Waals surface area contributed by atoms with E-state index >= 15 is 0 Å². The predicted molar refractivity (Wildman–Crippen MR) is 69.0 cm³/mol. The zero-order valence-corrected chi connectivity index (χ0v) is 11.1. The summed E-state index contributed by atoms with van der Waals surface area (Å²) in [5, 5.41) is 11.9. The van der Waals surface area contributed by atoms with Crippen LogP contribution >= 0.6 is 0 Å². The summed E-state index contributed by atoms with van der Waals surface area (Å²) in [6, 6.07) is 0. The highest BCUT2D eigenvalue weighted by Crippen LogP contribution is 2.32. The Morgan fingerprint density at radius 2 is 2.00 bits per heavy atom. The number of nitrogens with one attached hydrogen (secondary N) is 1. The molecule has 0 heterocycles. The van der Waals surface area contributed by atoms with Gasteiger partial charge < -0.3 is 16.2 Å². The molecule has 4 N–H and O–H groups in total. The lowest BCUT2D eigenvalue weighted by Gasteiger charge is -2.29. The van der Waals surface area contributed by atoms with Crippen molar-refractivity contribution in [2.45, 2.75) is 57.4 Å². The molecule has 1 rings (SSSR count). The molecule has 0 saturated heterocycles. The van der Waals surface area contributed by atoms with Crippen LogP contribution in [-0.4, -0.2) is 29.1 Å². The van der Waals surface area contributed by atoms with Crippen LogP contribution in [0.3, 0.4) is 0 Å². The van der Waals surface area contributed by atoms with Crippen molar-refractivity contribution < 1.29 is 14.7 Å². The van der Waals surface area contributed by atoms with Gasteiger partial charge in [0.25, 0.3) is 0 Å². The van der Waals surface area contributed by atoms with Gasteiger partial charge in [-0.25, -0.2) is 0 Å². The highest BCUT2D eigenvalue weighted by Gasteiger charge is 2.37. The second kappa shape index (κ2) is 6.73. The highest BCUT2D eigenvalue weighted by molar-refractivity contribution is 5.78. The van der Waals surface area contributed by atoms with Gasteiger partial charge in [0.2, 0.25) is 5.91 Å². The van der Waals surface area contributed by atoms with Gasteiger partial charge in [0.15, 0.2) is 0 Å². The van der Waals surface area contributed by atoms with Gasteiger partial charge >= 0.3 is 5.97 Å².